The minimum Gasteiger partial charge on any atom is -0.371 e. The molecule has 2 aromatic rings. The summed E-state index contributed by atoms with van der Waals surface area (Å²) < 4.78 is 2.06. The zero-order valence-electron chi connectivity index (χ0n) is 13.4. The molecule has 122 valence electrons. The zero-order valence-corrected chi connectivity index (χ0v) is 13.4. The summed E-state index contributed by atoms with van der Waals surface area (Å²) in [6.45, 7) is 2.74. The maximum Gasteiger partial charge on any atom is 0.269 e. The van der Waals surface area contributed by atoms with Gasteiger partial charge in [-0.25, -0.2) is 0 Å². The second-order valence-electron chi connectivity index (χ2n) is 6.18. The smallest absolute Gasteiger partial charge is 0.269 e. The van der Waals surface area contributed by atoms with Gasteiger partial charge in [0, 0.05) is 55.4 Å². The highest BCUT2D eigenvalue weighted by Crippen LogP contribution is 2.28. The van der Waals surface area contributed by atoms with Crippen molar-refractivity contribution in [3.63, 3.8) is 0 Å². The molecule has 1 saturated heterocycles. The predicted octanol–water partition coefficient (Wildman–Crippen LogP) is 4.22. The summed E-state index contributed by atoms with van der Waals surface area (Å²) in [6.07, 6.45) is 10.3. The summed E-state index contributed by atoms with van der Waals surface area (Å²) in [6, 6.07) is 9.25. The van der Waals surface area contributed by atoms with E-state index in [2.05, 4.69) is 9.47 Å². The minimum absolute atomic E-state index is 0.169. The first-order chi connectivity index (χ1) is 11.2. The third kappa shape index (κ3) is 3.92. The molecular weight excluding hydrogens is 290 g/mol. The number of rotatable bonds is 4. The number of nitro benzene ring substituents is 1. The van der Waals surface area contributed by atoms with E-state index in [1.54, 1.807) is 12.1 Å². The maximum atomic E-state index is 11.1. The Morgan fingerprint density at radius 1 is 1.00 bits per heavy atom. The van der Waals surface area contributed by atoms with Crippen LogP contribution in [-0.4, -0.2) is 22.6 Å². The second kappa shape index (κ2) is 7.31. The molecule has 0 atom stereocenters. The average Bonchev–Trinajstić information content (AvgIpc) is 3.00. The van der Waals surface area contributed by atoms with E-state index in [1.807, 2.05) is 30.6 Å². The Hall–Kier alpha value is -2.30. The van der Waals surface area contributed by atoms with Crippen molar-refractivity contribution >= 4 is 11.4 Å². The van der Waals surface area contributed by atoms with Crippen molar-refractivity contribution in [2.75, 3.05) is 18.0 Å². The highest BCUT2D eigenvalue weighted by atomic mass is 16.6. The molecule has 5 heteroatoms. The SMILES string of the molecule is O=[N+]([O-])c1ccc(N2CCCCCCC2)c(Cn2cccc2)c1. The summed E-state index contributed by atoms with van der Waals surface area (Å²) in [4.78, 5) is 13.2. The van der Waals surface area contributed by atoms with Gasteiger partial charge in [0.25, 0.3) is 5.69 Å². The van der Waals surface area contributed by atoms with E-state index in [1.165, 1.54) is 32.1 Å². The Bertz CT molecular complexity index is 644. The number of nitro groups is 1. The first kappa shape index (κ1) is 15.6. The number of hydrogen-bond donors (Lipinski definition) is 0. The summed E-state index contributed by atoms with van der Waals surface area (Å²) in [5.41, 5.74) is 2.34. The lowest BCUT2D eigenvalue weighted by Gasteiger charge is -2.29. The van der Waals surface area contributed by atoms with Gasteiger partial charge in [-0.2, -0.15) is 0 Å². The summed E-state index contributed by atoms with van der Waals surface area (Å²) in [7, 11) is 0. The standard InChI is InChI=1S/C18H23N3O2/c22-21(23)17-8-9-18(20-12-4-2-1-3-5-13-20)16(14-17)15-19-10-6-7-11-19/h6-11,14H,1-5,12-13,15H2. The molecular formula is C18H23N3O2. The molecule has 5 nitrogen and oxygen atoms in total. The number of nitrogens with zero attached hydrogens (tertiary/aromatic N) is 3. The molecule has 0 aliphatic carbocycles. The molecule has 1 aromatic carbocycles. The van der Waals surface area contributed by atoms with E-state index in [4.69, 9.17) is 0 Å². The highest BCUT2D eigenvalue weighted by molar-refractivity contribution is 5.58. The number of aromatic nitrogens is 1. The van der Waals surface area contributed by atoms with Crippen molar-refractivity contribution in [1.29, 1.82) is 0 Å². The van der Waals surface area contributed by atoms with E-state index in [9.17, 15) is 10.1 Å². The molecule has 0 amide bonds. The van der Waals surface area contributed by atoms with Gasteiger partial charge < -0.3 is 9.47 Å². The Morgan fingerprint density at radius 3 is 2.30 bits per heavy atom. The Kier molecular flexibility index (Phi) is 4.95. The number of anilines is 1. The van der Waals surface area contributed by atoms with Crippen LogP contribution in [0.25, 0.3) is 0 Å². The molecule has 0 unspecified atom stereocenters. The van der Waals surface area contributed by atoms with Crippen LogP contribution in [0.2, 0.25) is 0 Å². The van der Waals surface area contributed by atoms with Gasteiger partial charge in [-0.15, -0.1) is 0 Å². The van der Waals surface area contributed by atoms with Crippen molar-refractivity contribution < 1.29 is 4.92 Å². The van der Waals surface area contributed by atoms with Gasteiger partial charge in [0.15, 0.2) is 0 Å². The molecule has 0 N–H and O–H groups in total. The van der Waals surface area contributed by atoms with Crippen molar-refractivity contribution in [1.82, 2.24) is 4.57 Å². The van der Waals surface area contributed by atoms with E-state index in [0.717, 1.165) is 24.3 Å². The first-order valence-corrected chi connectivity index (χ1v) is 8.37. The lowest BCUT2D eigenvalue weighted by atomic mass is 10.1. The Balaban J connectivity index is 1.91. The van der Waals surface area contributed by atoms with E-state index in [-0.39, 0.29) is 10.6 Å². The van der Waals surface area contributed by atoms with E-state index in [0.29, 0.717) is 6.54 Å². The van der Waals surface area contributed by atoms with Crippen molar-refractivity contribution in [3.05, 3.63) is 58.4 Å². The number of benzene rings is 1. The first-order valence-electron chi connectivity index (χ1n) is 8.37. The van der Waals surface area contributed by atoms with Gasteiger partial charge in [-0.3, -0.25) is 10.1 Å². The van der Waals surface area contributed by atoms with Crippen LogP contribution in [0, 0.1) is 10.1 Å². The van der Waals surface area contributed by atoms with Crippen LogP contribution in [0.1, 0.15) is 37.7 Å². The molecule has 1 aliphatic heterocycles. The van der Waals surface area contributed by atoms with Gasteiger partial charge >= 0.3 is 0 Å². The summed E-state index contributed by atoms with van der Waals surface area (Å²) >= 11 is 0. The third-order valence-corrected chi connectivity index (χ3v) is 4.49. The molecule has 1 fully saturated rings. The fourth-order valence-corrected chi connectivity index (χ4v) is 3.28. The highest BCUT2D eigenvalue weighted by Gasteiger charge is 2.16. The van der Waals surface area contributed by atoms with Gasteiger partial charge in [0.1, 0.15) is 0 Å². The van der Waals surface area contributed by atoms with Crippen LogP contribution in [0.15, 0.2) is 42.7 Å². The van der Waals surface area contributed by atoms with Gasteiger partial charge in [-0.1, -0.05) is 19.3 Å². The molecule has 23 heavy (non-hydrogen) atoms. The van der Waals surface area contributed by atoms with Gasteiger partial charge in [-0.05, 0) is 31.0 Å². The predicted molar refractivity (Wildman–Crippen MR) is 91.9 cm³/mol. The summed E-state index contributed by atoms with van der Waals surface area (Å²) in [5.74, 6) is 0. The molecule has 0 radical (unpaired) electrons. The van der Waals surface area contributed by atoms with E-state index >= 15 is 0 Å². The normalized spacial score (nSPS) is 15.9. The molecule has 0 spiro atoms. The maximum absolute atomic E-state index is 11.1. The Morgan fingerprint density at radius 2 is 1.65 bits per heavy atom. The molecule has 0 bridgehead atoms. The van der Waals surface area contributed by atoms with Gasteiger partial charge in [0.2, 0.25) is 0 Å². The topological polar surface area (TPSA) is 51.3 Å². The molecule has 1 aliphatic rings. The van der Waals surface area contributed by atoms with Crippen LogP contribution < -0.4 is 4.90 Å². The number of hydrogen-bond acceptors (Lipinski definition) is 3. The van der Waals surface area contributed by atoms with Crippen LogP contribution in [0.3, 0.4) is 0 Å². The zero-order chi connectivity index (χ0) is 16.1. The lowest BCUT2D eigenvalue weighted by molar-refractivity contribution is -0.384. The molecule has 1 aromatic heterocycles. The van der Waals surface area contributed by atoms with Crippen molar-refractivity contribution in [2.24, 2.45) is 0 Å². The van der Waals surface area contributed by atoms with Crippen molar-refractivity contribution in [2.45, 2.75) is 38.6 Å². The van der Waals surface area contributed by atoms with Crippen LogP contribution in [0.4, 0.5) is 11.4 Å². The third-order valence-electron chi connectivity index (χ3n) is 4.49. The summed E-state index contributed by atoms with van der Waals surface area (Å²) in [5, 5.41) is 11.1. The second-order valence-corrected chi connectivity index (χ2v) is 6.18. The molecule has 2 heterocycles. The van der Waals surface area contributed by atoms with Gasteiger partial charge in [0.05, 0.1) is 4.92 Å². The van der Waals surface area contributed by atoms with Crippen molar-refractivity contribution in [3.8, 4) is 0 Å². The monoisotopic (exact) mass is 313 g/mol. The molecule has 3 rings (SSSR count). The quantitative estimate of drug-likeness (QED) is 0.627. The van der Waals surface area contributed by atoms with Crippen LogP contribution in [0.5, 0.6) is 0 Å². The number of non-ortho nitro benzene ring substituents is 1. The van der Waals surface area contributed by atoms with Crippen LogP contribution >= 0.6 is 0 Å². The average molecular weight is 313 g/mol. The Labute approximate surface area is 136 Å². The lowest BCUT2D eigenvalue weighted by Crippen LogP contribution is -2.28. The molecule has 0 saturated carbocycles. The fraction of sp³-hybridized carbons (Fsp3) is 0.444. The largest absolute Gasteiger partial charge is 0.371 e. The van der Waals surface area contributed by atoms with Crippen LogP contribution in [-0.2, 0) is 6.54 Å². The minimum atomic E-state index is -0.309. The van der Waals surface area contributed by atoms with E-state index < -0.39 is 0 Å². The fourth-order valence-electron chi connectivity index (χ4n) is 3.28.